The van der Waals surface area contributed by atoms with Gasteiger partial charge in [-0.25, -0.2) is 0 Å². The van der Waals surface area contributed by atoms with Crippen LogP contribution in [0.15, 0.2) is 0 Å². The fraction of sp³-hybridized carbons (Fsp3) is 0.875. The van der Waals surface area contributed by atoms with E-state index in [0.29, 0.717) is 13.2 Å². The van der Waals surface area contributed by atoms with E-state index in [1.165, 1.54) is 0 Å². The van der Waals surface area contributed by atoms with Gasteiger partial charge in [-0.15, -0.1) is 0 Å². The summed E-state index contributed by atoms with van der Waals surface area (Å²) in [5.41, 5.74) is 5.12. The molecule has 1 aliphatic rings. The molecule has 0 aliphatic carbocycles. The van der Waals surface area contributed by atoms with Gasteiger partial charge in [0.05, 0.1) is 12.7 Å². The van der Waals surface area contributed by atoms with Crippen LogP contribution < -0.4 is 11.1 Å². The molecule has 2 atom stereocenters. The molecule has 0 bridgehead atoms. The minimum Gasteiger partial charge on any atom is -0.380 e. The smallest absolute Gasteiger partial charge is 0.247 e. The number of hydrogen-bond acceptors (Lipinski definition) is 4. The summed E-state index contributed by atoms with van der Waals surface area (Å²) in [5, 5.41) is 3.07. The molecule has 1 heterocycles. The second kappa shape index (κ2) is 5.16. The van der Waals surface area contributed by atoms with Gasteiger partial charge in [-0.3, -0.25) is 4.79 Å². The quantitative estimate of drug-likeness (QED) is 0.575. The summed E-state index contributed by atoms with van der Waals surface area (Å²) in [6.07, 6.45) is 0.444. The SMILES string of the molecule is COC1CCOC(C(N)=O)CNC1. The highest BCUT2D eigenvalue weighted by Gasteiger charge is 2.19. The largest absolute Gasteiger partial charge is 0.380 e. The van der Waals surface area contributed by atoms with Gasteiger partial charge in [-0.1, -0.05) is 0 Å². The third kappa shape index (κ3) is 3.30. The van der Waals surface area contributed by atoms with Crippen LogP contribution in [0.25, 0.3) is 0 Å². The van der Waals surface area contributed by atoms with Crippen molar-refractivity contribution in [3.05, 3.63) is 0 Å². The fourth-order valence-corrected chi connectivity index (χ4v) is 1.26. The minimum absolute atomic E-state index is 0.161. The summed E-state index contributed by atoms with van der Waals surface area (Å²) < 4.78 is 10.4. The van der Waals surface area contributed by atoms with Crippen LogP contribution in [-0.4, -0.2) is 44.9 Å². The number of hydrogen-bond donors (Lipinski definition) is 2. The fourth-order valence-electron chi connectivity index (χ4n) is 1.26. The van der Waals surface area contributed by atoms with E-state index in [4.69, 9.17) is 15.2 Å². The van der Waals surface area contributed by atoms with E-state index in [1.807, 2.05) is 0 Å². The number of nitrogens with two attached hydrogens (primary N) is 1. The number of rotatable bonds is 2. The van der Waals surface area contributed by atoms with E-state index in [1.54, 1.807) is 7.11 Å². The van der Waals surface area contributed by atoms with Crippen molar-refractivity contribution in [2.24, 2.45) is 5.73 Å². The number of carbonyl (C=O) groups is 1. The molecule has 5 heteroatoms. The third-order valence-corrected chi connectivity index (χ3v) is 2.11. The predicted octanol–water partition coefficient (Wildman–Crippen LogP) is -1.13. The van der Waals surface area contributed by atoms with Crippen molar-refractivity contribution in [1.82, 2.24) is 5.32 Å². The van der Waals surface area contributed by atoms with Crippen molar-refractivity contribution in [2.75, 3.05) is 26.8 Å². The maximum atomic E-state index is 10.8. The molecule has 3 N–H and O–H groups in total. The van der Waals surface area contributed by atoms with Crippen LogP contribution in [0.5, 0.6) is 0 Å². The molecule has 0 spiro atoms. The van der Waals surface area contributed by atoms with Gasteiger partial charge in [-0.2, -0.15) is 0 Å². The third-order valence-electron chi connectivity index (χ3n) is 2.11. The Balaban J connectivity index is 2.34. The first-order valence-corrected chi connectivity index (χ1v) is 4.38. The van der Waals surface area contributed by atoms with Gasteiger partial charge >= 0.3 is 0 Å². The molecule has 0 radical (unpaired) electrons. The van der Waals surface area contributed by atoms with E-state index in [9.17, 15) is 4.79 Å². The highest BCUT2D eigenvalue weighted by atomic mass is 16.5. The molecule has 5 nitrogen and oxygen atoms in total. The molecule has 0 aromatic rings. The van der Waals surface area contributed by atoms with Crippen LogP contribution in [0.4, 0.5) is 0 Å². The topological polar surface area (TPSA) is 73.6 Å². The highest BCUT2D eigenvalue weighted by Crippen LogP contribution is 2.02. The van der Waals surface area contributed by atoms with Crippen LogP contribution in [0, 0.1) is 0 Å². The second-order valence-electron chi connectivity index (χ2n) is 3.07. The summed E-state index contributed by atoms with van der Waals surface area (Å²) in [6.45, 7) is 1.73. The first kappa shape index (κ1) is 10.4. The van der Waals surface area contributed by atoms with Gasteiger partial charge in [0.25, 0.3) is 0 Å². The summed E-state index contributed by atoms with van der Waals surface area (Å²) in [5.74, 6) is -0.414. The Kier molecular flexibility index (Phi) is 4.14. The minimum atomic E-state index is -0.502. The molecule has 0 saturated carbocycles. The van der Waals surface area contributed by atoms with Crippen molar-refractivity contribution in [3.8, 4) is 0 Å². The van der Waals surface area contributed by atoms with E-state index >= 15 is 0 Å². The van der Waals surface area contributed by atoms with E-state index < -0.39 is 12.0 Å². The number of nitrogens with one attached hydrogen (secondary N) is 1. The Bertz CT molecular complexity index is 165. The molecular formula is C8H16N2O3. The van der Waals surface area contributed by atoms with Gasteiger partial charge in [-0.05, 0) is 6.42 Å². The molecule has 2 unspecified atom stereocenters. The standard InChI is InChI=1S/C8H16N2O3/c1-12-6-2-3-13-7(8(9)11)5-10-4-6/h6-7,10H,2-5H2,1H3,(H2,9,11). The van der Waals surface area contributed by atoms with Gasteiger partial charge < -0.3 is 20.5 Å². The Hall–Kier alpha value is -0.650. The predicted molar refractivity (Wildman–Crippen MR) is 47.2 cm³/mol. The molecule has 0 aromatic carbocycles. The summed E-state index contributed by atoms with van der Waals surface area (Å²) in [4.78, 5) is 10.8. The van der Waals surface area contributed by atoms with E-state index in [0.717, 1.165) is 13.0 Å². The van der Waals surface area contributed by atoms with Gasteiger partial charge in [0, 0.05) is 20.2 Å². The van der Waals surface area contributed by atoms with Gasteiger partial charge in [0.1, 0.15) is 6.10 Å². The Labute approximate surface area is 77.6 Å². The van der Waals surface area contributed by atoms with Crippen LogP contribution >= 0.6 is 0 Å². The zero-order valence-electron chi connectivity index (χ0n) is 7.79. The highest BCUT2D eigenvalue weighted by molar-refractivity contribution is 5.79. The van der Waals surface area contributed by atoms with Crippen LogP contribution in [0.2, 0.25) is 0 Å². The van der Waals surface area contributed by atoms with Crippen molar-refractivity contribution < 1.29 is 14.3 Å². The first-order valence-electron chi connectivity index (χ1n) is 4.38. The van der Waals surface area contributed by atoms with Crippen molar-refractivity contribution in [2.45, 2.75) is 18.6 Å². The lowest BCUT2D eigenvalue weighted by Gasteiger charge is -2.23. The Morgan fingerprint density at radius 2 is 2.38 bits per heavy atom. The number of primary amides is 1. The molecule has 13 heavy (non-hydrogen) atoms. The molecule has 1 saturated heterocycles. The van der Waals surface area contributed by atoms with E-state index in [2.05, 4.69) is 5.32 Å². The summed E-state index contributed by atoms with van der Waals surface area (Å²) in [7, 11) is 1.67. The number of ether oxygens (including phenoxy) is 2. The Morgan fingerprint density at radius 3 is 3.00 bits per heavy atom. The molecule has 0 aromatic heterocycles. The van der Waals surface area contributed by atoms with Gasteiger partial charge in [0.15, 0.2) is 0 Å². The number of carbonyl (C=O) groups excluding carboxylic acids is 1. The average Bonchev–Trinajstić information content (AvgIpc) is 2.03. The zero-order chi connectivity index (χ0) is 9.68. The zero-order valence-corrected chi connectivity index (χ0v) is 7.79. The lowest BCUT2D eigenvalue weighted by atomic mass is 10.2. The summed E-state index contributed by atoms with van der Waals surface area (Å²) in [6, 6.07) is 0. The van der Waals surface area contributed by atoms with Crippen LogP contribution in [0.3, 0.4) is 0 Å². The number of methoxy groups -OCH3 is 1. The average molecular weight is 188 g/mol. The maximum Gasteiger partial charge on any atom is 0.247 e. The van der Waals surface area contributed by atoms with Crippen molar-refractivity contribution >= 4 is 5.91 Å². The molecule has 1 fully saturated rings. The molecule has 76 valence electrons. The number of amides is 1. The van der Waals surface area contributed by atoms with Crippen molar-refractivity contribution in [3.63, 3.8) is 0 Å². The van der Waals surface area contributed by atoms with Gasteiger partial charge in [0.2, 0.25) is 5.91 Å². The van der Waals surface area contributed by atoms with Crippen molar-refractivity contribution in [1.29, 1.82) is 0 Å². The lowest BCUT2D eigenvalue weighted by molar-refractivity contribution is -0.130. The molecule has 1 rings (SSSR count). The summed E-state index contributed by atoms with van der Waals surface area (Å²) >= 11 is 0. The van der Waals surface area contributed by atoms with Crippen LogP contribution in [-0.2, 0) is 14.3 Å². The first-order chi connectivity index (χ1) is 6.24. The van der Waals surface area contributed by atoms with E-state index in [-0.39, 0.29) is 6.10 Å². The molecule has 1 amide bonds. The maximum absolute atomic E-state index is 10.8. The van der Waals surface area contributed by atoms with Crippen LogP contribution in [0.1, 0.15) is 6.42 Å². The lowest BCUT2D eigenvalue weighted by Crippen LogP contribution is -2.45. The second-order valence-corrected chi connectivity index (χ2v) is 3.07. The Morgan fingerprint density at radius 1 is 1.62 bits per heavy atom. The molecule has 1 aliphatic heterocycles. The molecular weight excluding hydrogens is 172 g/mol. The normalized spacial score (nSPS) is 30.5. The monoisotopic (exact) mass is 188 g/mol.